The molecule has 29 heavy (non-hydrogen) atoms. The van der Waals surface area contributed by atoms with Crippen LogP contribution < -0.4 is 5.32 Å². The van der Waals surface area contributed by atoms with Gasteiger partial charge < -0.3 is 10.2 Å². The molecule has 0 bridgehead atoms. The molecule has 0 radical (unpaired) electrons. The van der Waals surface area contributed by atoms with E-state index in [1.165, 1.54) is 55.5 Å². The van der Waals surface area contributed by atoms with E-state index in [1.54, 1.807) is 0 Å². The normalized spacial score (nSPS) is 22.1. The highest BCUT2D eigenvalue weighted by Crippen LogP contribution is 2.23. The van der Waals surface area contributed by atoms with E-state index in [0.717, 1.165) is 44.3 Å². The summed E-state index contributed by atoms with van der Waals surface area (Å²) in [5.74, 6) is 0.782. The Morgan fingerprint density at radius 2 is 2.03 bits per heavy atom. The number of allylic oxidation sites excluding steroid dienone is 3. The summed E-state index contributed by atoms with van der Waals surface area (Å²) in [6.07, 6.45) is 11.7. The van der Waals surface area contributed by atoms with Crippen molar-refractivity contribution in [2.45, 2.75) is 39.5 Å². The molecule has 1 atom stereocenters. The summed E-state index contributed by atoms with van der Waals surface area (Å²) in [5.41, 5.74) is 5.53. The van der Waals surface area contributed by atoms with E-state index in [1.807, 2.05) is 0 Å². The van der Waals surface area contributed by atoms with Gasteiger partial charge in [-0.3, -0.25) is 4.90 Å². The average Bonchev–Trinajstić information content (AvgIpc) is 2.99. The Labute approximate surface area is 178 Å². The Kier molecular flexibility index (Phi) is 8.57. The number of nitrogens with zero attached hydrogens (tertiary/aromatic N) is 2. The monoisotopic (exact) mass is 393 g/mol. The first-order chi connectivity index (χ1) is 14.1. The Bertz CT molecular complexity index is 710. The van der Waals surface area contributed by atoms with Crippen molar-refractivity contribution in [2.75, 3.05) is 45.8 Å². The zero-order valence-electron chi connectivity index (χ0n) is 18.5. The minimum Gasteiger partial charge on any atom is -0.371 e. The van der Waals surface area contributed by atoms with Crippen molar-refractivity contribution >= 4 is 0 Å². The molecule has 2 saturated heterocycles. The minimum absolute atomic E-state index is 0.782. The number of rotatable bonds is 7. The summed E-state index contributed by atoms with van der Waals surface area (Å²) in [7, 11) is 0. The molecule has 1 N–H and O–H groups in total. The summed E-state index contributed by atoms with van der Waals surface area (Å²) in [5, 5.41) is 3.45. The van der Waals surface area contributed by atoms with Crippen molar-refractivity contribution in [2.24, 2.45) is 5.92 Å². The lowest BCUT2D eigenvalue weighted by Gasteiger charge is -2.33. The molecule has 2 heterocycles. The van der Waals surface area contributed by atoms with Crippen LogP contribution in [0.2, 0.25) is 0 Å². The molecule has 2 aliphatic heterocycles. The van der Waals surface area contributed by atoms with E-state index in [0.29, 0.717) is 0 Å². The van der Waals surface area contributed by atoms with Crippen molar-refractivity contribution < 1.29 is 0 Å². The van der Waals surface area contributed by atoms with Crippen LogP contribution in [0.5, 0.6) is 0 Å². The fraction of sp³-hybridized carbons (Fsp3) is 0.538. The summed E-state index contributed by atoms with van der Waals surface area (Å²) in [6.45, 7) is 16.6. The zero-order valence-corrected chi connectivity index (χ0v) is 18.5. The number of hydrogen-bond donors (Lipinski definition) is 1. The predicted octanol–water partition coefficient (Wildman–Crippen LogP) is 4.56. The fourth-order valence-corrected chi connectivity index (χ4v) is 4.58. The minimum atomic E-state index is 0.782. The molecule has 3 heteroatoms. The second kappa shape index (κ2) is 11.4. The molecule has 3 nitrogen and oxygen atoms in total. The van der Waals surface area contributed by atoms with Crippen molar-refractivity contribution in [3.05, 3.63) is 71.5 Å². The van der Waals surface area contributed by atoms with Gasteiger partial charge in [-0.25, -0.2) is 0 Å². The Balaban J connectivity index is 1.47. The van der Waals surface area contributed by atoms with Crippen LogP contribution in [0.4, 0.5) is 0 Å². The van der Waals surface area contributed by atoms with E-state index < -0.39 is 0 Å². The van der Waals surface area contributed by atoms with E-state index in [9.17, 15) is 0 Å². The molecule has 0 amide bonds. The van der Waals surface area contributed by atoms with Gasteiger partial charge in [0.05, 0.1) is 0 Å². The first-order valence-electron chi connectivity index (χ1n) is 11.4. The first-order valence-corrected chi connectivity index (χ1v) is 11.4. The second-order valence-electron chi connectivity index (χ2n) is 8.83. The van der Waals surface area contributed by atoms with Gasteiger partial charge in [0.15, 0.2) is 0 Å². The maximum atomic E-state index is 4.26. The van der Waals surface area contributed by atoms with Crippen LogP contribution in [0.3, 0.4) is 0 Å². The van der Waals surface area contributed by atoms with Crippen LogP contribution in [-0.4, -0.2) is 55.6 Å². The summed E-state index contributed by atoms with van der Waals surface area (Å²) in [4.78, 5) is 5.03. The lowest BCUT2D eigenvalue weighted by molar-refractivity contribution is 0.187. The number of nitrogens with one attached hydrogen (secondary N) is 1. The molecule has 1 unspecified atom stereocenters. The van der Waals surface area contributed by atoms with Gasteiger partial charge in [0.1, 0.15) is 0 Å². The number of aryl methyl sites for hydroxylation is 1. The van der Waals surface area contributed by atoms with Crippen LogP contribution in [0, 0.1) is 12.8 Å². The molecule has 1 aromatic carbocycles. The second-order valence-corrected chi connectivity index (χ2v) is 8.83. The predicted molar refractivity (Wildman–Crippen MR) is 125 cm³/mol. The van der Waals surface area contributed by atoms with Crippen molar-refractivity contribution in [3.8, 4) is 0 Å². The topological polar surface area (TPSA) is 18.5 Å². The molecule has 2 aliphatic rings. The van der Waals surface area contributed by atoms with Crippen LogP contribution in [0.25, 0.3) is 0 Å². The molecule has 158 valence electrons. The van der Waals surface area contributed by atoms with Gasteiger partial charge in [0, 0.05) is 38.4 Å². The lowest BCUT2D eigenvalue weighted by Crippen LogP contribution is -2.37. The number of benzene rings is 1. The van der Waals surface area contributed by atoms with Gasteiger partial charge >= 0.3 is 0 Å². The van der Waals surface area contributed by atoms with Crippen LogP contribution in [0.15, 0.2) is 60.3 Å². The van der Waals surface area contributed by atoms with Gasteiger partial charge in [-0.2, -0.15) is 0 Å². The van der Waals surface area contributed by atoms with Crippen molar-refractivity contribution in [3.63, 3.8) is 0 Å². The highest BCUT2D eigenvalue weighted by Gasteiger charge is 2.20. The third-order valence-electron chi connectivity index (χ3n) is 6.26. The summed E-state index contributed by atoms with van der Waals surface area (Å²) >= 11 is 0. The van der Waals surface area contributed by atoms with Gasteiger partial charge in [-0.15, -0.1) is 0 Å². The number of piperidine rings is 1. The first kappa shape index (κ1) is 21.9. The van der Waals surface area contributed by atoms with Gasteiger partial charge in [0.2, 0.25) is 0 Å². The van der Waals surface area contributed by atoms with Crippen LogP contribution in [-0.2, 0) is 6.42 Å². The van der Waals surface area contributed by atoms with E-state index in [4.69, 9.17) is 0 Å². The molecule has 1 aromatic rings. The Morgan fingerprint density at radius 3 is 2.90 bits per heavy atom. The fourth-order valence-electron chi connectivity index (χ4n) is 4.58. The molecular formula is C26H39N3. The molecule has 0 aromatic heterocycles. The average molecular weight is 394 g/mol. The summed E-state index contributed by atoms with van der Waals surface area (Å²) in [6, 6.07) is 8.87. The number of hydrogen-bond acceptors (Lipinski definition) is 3. The molecular weight excluding hydrogens is 354 g/mol. The van der Waals surface area contributed by atoms with Crippen LogP contribution in [0.1, 0.15) is 37.3 Å². The SMILES string of the molecule is C=C(/C=C\C=C(/C)CN1CCCC(Cc2ccccc2C)C1)N1CCCNCC1. The van der Waals surface area contributed by atoms with Gasteiger partial charge in [0.25, 0.3) is 0 Å². The smallest absolute Gasteiger partial charge is 0.0303 e. The van der Waals surface area contributed by atoms with E-state index in [2.05, 4.69) is 78.0 Å². The Hall–Kier alpha value is -1.84. The lowest BCUT2D eigenvalue weighted by atomic mass is 9.89. The quantitative estimate of drug-likeness (QED) is 0.685. The third-order valence-corrected chi connectivity index (χ3v) is 6.26. The van der Waals surface area contributed by atoms with Crippen molar-refractivity contribution in [1.82, 2.24) is 15.1 Å². The van der Waals surface area contributed by atoms with Gasteiger partial charge in [-0.1, -0.05) is 48.6 Å². The Morgan fingerprint density at radius 1 is 1.17 bits per heavy atom. The standard InChI is InChI=1S/C26H39N3/c1-22(9-6-11-24(3)29-17-8-14-27-15-18-29)20-28-16-7-12-25(21-28)19-26-13-5-4-10-23(26)2/h4-6,9-11,13,25,27H,3,7-8,12,14-21H2,1-2H3/b11-6-,22-9+. The molecule has 0 spiro atoms. The molecule has 2 fully saturated rings. The van der Waals surface area contributed by atoms with E-state index in [-0.39, 0.29) is 0 Å². The van der Waals surface area contributed by atoms with Gasteiger partial charge in [-0.05, 0) is 75.7 Å². The van der Waals surface area contributed by atoms with Crippen molar-refractivity contribution in [1.29, 1.82) is 0 Å². The maximum Gasteiger partial charge on any atom is 0.0303 e. The summed E-state index contributed by atoms with van der Waals surface area (Å²) < 4.78 is 0. The maximum absolute atomic E-state index is 4.26. The van der Waals surface area contributed by atoms with E-state index >= 15 is 0 Å². The third kappa shape index (κ3) is 7.17. The molecule has 0 saturated carbocycles. The largest absolute Gasteiger partial charge is 0.371 e. The number of likely N-dealkylation sites (tertiary alicyclic amines) is 1. The highest BCUT2D eigenvalue weighted by molar-refractivity contribution is 5.26. The highest BCUT2D eigenvalue weighted by atomic mass is 15.2. The zero-order chi connectivity index (χ0) is 20.5. The van der Waals surface area contributed by atoms with Crippen LogP contribution >= 0.6 is 0 Å². The molecule has 3 rings (SSSR count). The molecule has 0 aliphatic carbocycles.